The van der Waals surface area contributed by atoms with Gasteiger partial charge in [-0.2, -0.15) is 0 Å². The molecule has 0 aromatic heterocycles. The summed E-state index contributed by atoms with van der Waals surface area (Å²) in [6, 6.07) is 5.41. The van der Waals surface area contributed by atoms with Crippen molar-refractivity contribution >= 4 is 21.8 Å². The molecule has 20 heavy (non-hydrogen) atoms. The van der Waals surface area contributed by atoms with Gasteiger partial charge in [-0.15, -0.1) is 0 Å². The van der Waals surface area contributed by atoms with Gasteiger partial charge in [0.2, 0.25) is 0 Å². The van der Waals surface area contributed by atoms with Crippen molar-refractivity contribution in [1.82, 2.24) is 4.90 Å². The third kappa shape index (κ3) is 3.08. The summed E-state index contributed by atoms with van der Waals surface area (Å²) >= 11 is 3.51. The molecule has 0 unspecified atom stereocenters. The molecule has 1 fully saturated rings. The molecule has 0 N–H and O–H groups in total. The summed E-state index contributed by atoms with van der Waals surface area (Å²) in [5.74, 6) is 1.80. The van der Waals surface area contributed by atoms with E-state index in [1.54, 1.807) is 26.4 Å². The number of methoxy groups -OCH3 is 2. The van der Waals surface area contributed by atoms with Crippen LogP contribution in [0.15, 0.2) is 18.2 Å². The number of halogens is 1. The number of hydrogen-bond donors (Lipinski definition) is 0. The molecule has 1 aromatic rings. The van der Waals surface area contributed by atoms with Crippen molar-refractivity contribution in [3.8, 4) is 11.5 Å². The second kappa shape index (κ2) is 6.97. The summed E-state index contributed by atoms with van der Waals surface area (Å²) in [6.45, 7) is 1.60. The Kier molecular flexibility index (Phi) is 5.29. The molecule has 1 saturated heterocycles. The second-order valence-electron chi connectivity index (χ2n) is 4.93. The van der Waals surface area contributed by atoms with Crippen LogP contribution in [0.2, 0.25) is 0 Å². The molecule has 0 aliphatic carbocycles. The predicted octanol–water partition coefficient (Wildman–Crippen LogP) is 2.95. The highest BCUT2D eigenvalue weighted by Gasteiger charge is 2.26. The number of alkyl halides is 1. The molecule has 5 heteroatoms. The van der Waals surface area contributed by atoms with Crippen LogP contribution in [0.25, 0.3) is 0 Å². The minimum Gasteiger partial charge on any atom is -0.493 e. The highest BCUT2D eigenvalue weighted by molar-refractivity contribution is 9.09. The van der Waals surface area contributed by atoms with Crippen LogP contribution in [0.3, 0.4) is 0 Å². The monoisotopic (exact) mass is 341 g/mol. The number of ether oxygens (including phenoxy) is 2. The average Bonchev–Trinajstić information content (AvgIpc) is 2.53. The van der Waals surface area contributed by atoms with Crippen LogP contribution in [-0.4, -0.2) is 43.4 Å². The van der Waals surface area contributed by atoms with Crippen molar-refractivity contribution in [2.45, 2.75) is 12.8 Å². The summed E-state index contributed by atoms with van der Waals surface area (Å²) in [4.78, 5) is 14.5. The van der Waals surface area contributed by atoms with Gasteiger partial charge in [-0.3, -0.25) is 4.79 Å². The highest BCUT2D eigenvalue weighted by Crippen LogP contribution is 2.32. The van der Waals surface area contributed by atoms with Crippen LogP contribution in [0.1, 0.15) is 23.2 Å². The number of nitrogens with zero attached hydrogens (tertiary/aromatic N) is 1. The third-order valence-corrected chi connectivity index (χ3v) is 4.67. The normalized spacial score (nSPS) is 16.1. The number of piperidine rings is 1. The lowest BCUT2D eigenvalue weighted by Gasteiger charge is -2.31. The first-order valence-corrected chi connectivity index (χ1v) is 7.89. The Bertz CT molecular complexity index is 470. The van der Waals surface area contributed by atoms with Gasteiger partial charge in [-0.25, -0.2) is 0 Å². The number of rotatable bonds is 4. The zero-order valence-corrected chi connectivity index (χ0v) is 13.5. The molecule has 0 bridgehead atoms. The van der Waals surface area contributed by atoms with Crippen LogP contribution in [-0.2, 0) is 0 Å². The number of amides is 1. The van der Waals surface area contributed by atoms with E-state index in [4.69, 9.17) is 9.47 Å². The van der Waals surface area contributed by atoms with Crippen LogP contribution in [0.5, 0.6) is 11.5 Å². The zero-order chi connectivity index (χ0) is 14.5. The molecule has 0 saturated carbocycles. The fourth-order valence-electron chi connectivity index (χ4n) is 2.52. The molecular formula is C15H20BrNO3. The van der Waals surface area contributed by atoms with Crippen molar-refractivity contribution in [2.24, 2.45) is 5.92 Å². The van der Waals surface area contributed by atoms with Gasteiger partial charge in [0.05, 0.1) is 19.8 Å². The van der Waals surface area contributed by atoms with E-state index in [2.05, 4.69) is 15.9 Å². The quantitative estimate of drug-likeness (QED) is 0.790. The maximum Gasteiger partial charge on any atom is 0.257 e. The van der Waals surface area contributed by atoms with Gasteiger partial charge in [0.25, 0.3) is 5.91 Å². The number of carbonyl (C=O) groups is 1. The Labute approximate surface area is 128 Å². The van der Waals surface area contributed by atoms with Gasteiger partial charge < -0.3 is 14.4 Å². The van der Waals surface area contributed by atoms with E-state index < -0.39 is 0 Å². The molecule has 4 nitrogen and oxygen atoms in total. The Morgan fingerprint density at radius 1 is 1.30 bits per heavy atom. The predicted molar refractivity (Wildman–Crippen MR) is 82.0 cm³/mol. The Hall–Kier alpha value is -1.23. The van der Waals surface area contributed by atoms with Crippen LogP contribution in [0, 0.1) is 5.92 Å². The van der Waals surface area contributed by atoms with Crippen LogP contribution >= 0.6 is 15.9 Å². The molecule has 1 aliphatic rings. The van der Waals surface area contributed by atoms with Gasteiger partial charge in [-0.05, 0) is 30.9 Å². The van der Waals surface area contributed by atoms with E-state index >= 15 is 0 Å². The number of para-hydroxylation sites is 1. The SMILES string of the molecule is COc1cccc(C(=O)N2CCC(CBr)CC2)c1OC. The number of hydrogen-bond acceptors (Lipinski definition) is 3. The third-order valence-electron chi connectivity index (χ3n) is 3.75. The van der Waals surface area contributed by atoms with Crippen molar-refractivity contribution < 1.29 is 14.3 Å². The number of carbonyl (C=O) groups excluding carboxylic acids is 1. The largest absolute Gasteiger partial charge is 0.493 e. The molecule has 110 valence electrons. The van der Waals surface area contributed by atoms with E-state index in [-0.39, 0.29) is 5.91 Å². The van der Waals surface area contributed by atoms with E-state index in [9.17, 15) is 4.79 Å². The molecule has 2 rings (SSSR count). The fraction of sp³-hybridized carbons (Fsp3) is 0.533. The lowest BCUT2D eigenvalue weighted by molar-refractivity contribution is 0.0695. The topological polar surface area (TPSA) is 38.8 Å². The first kappa shape index (κ1) is 15.2. The molecule has 0 atom stereocenters. The van der Waals surface area contributed by atoms with E-state index in [0.717, 1.165) is 31.3 Å². The lowest BCUT2D eigenvalue weighted by atomic mass is 9.98. The number of benzene rings is 1. The van der Waals surface area contributed by atoms with E-state index in [1.165, 1.54) is 0 Å². The maximum atomic E-state index is 12.6. The fourth-order valence-corrected chi connectivity index (χ4v) is 3.16. The summed E-state index contributed by atoms with van der Waals surface area (Å²) in [7, 11) is 3.14. The summed E-state index contributed by atoms with van der Waals surface area (Å²) in [5, 5.41) is 1.01. The first-order chi connectivity index (χ1) is 9.71. The van der Waals surface area contributed by atoms with E-state index in [1.807, 2.05) is 11.0 Å². The Balaban J connectivity index is 2.17. The molecule has 1 aromatic carbocycles. The average molecular weight is 342 g/mol. The summed E-state index contributed by atoms with van der Waals surface area (Å²) in [6.07, 6.45) is 2.09. The van der Waals surface area contributed by atoms with Crippen molar-refractivity contribution in [2.75, 3.05) is 32.6 Å². The Morgan fingerprint density at radius 3 is 2.55 bits per heavy atom. The molecular weight excluding hydrogens is 322 g/mol. The Morgan fingerprint density at radius 2 is 2.00 bits per heavy atom. The standard InChI is InChI=1S/C15H20BrNO3/c1-19-13-5-3-4-12(14(13)20-2)15(18)17-8-6-11(10-16)7-9-17/h3-5,11H,6-10H2,1-2H3. The molecule has 1 heterocycles. The summed E-state index contributed by atoms with van der Waals surface area (Å²) in [5.41, 5.74) is 0.573. The van der Waals surface area contributed by atoms with Crippen molar-refractivity contribution in [1.29, 1.82) is 0 Å². The van der Waals surface area contributed by atoms with Gasteiger partial charge in [0.1, 0.15) is 0 Å². The van der Waals surface area contributed by atoms with Gasteiger partial charge >= 0.3 is 0 Å². The first-order valence-electron chi connectivity index (χ1n) is 6.77. The molecule has 0 radical (unpaired) electrons. The number of likely N-dealkylation sites (tertiary alicyclic amines) is 1. The van der Waals surface area contributed by atoms with E-state index in [0.29, 0.717) is 23.0 Å². The van der Waals surface area contributed by atoms with Crippen LogP contribution in [0.4, 0.5) is 0 Å². The van der Waals surface area contributed by atoms with Crippen molar-refractivity contribution in [3.05, 3.63) is 23.8 Å². The van der Waals surface area contributed by atoms with Crippen LogP contribution < -0.4 is 9.47 Å². The smallest absolute Gasteiger partial charge is 0.257 e. The lowest BCUT2D eigenvalue weighted by Crippen LogP contribution is -2.39. The molecule has 0 spiro atoms. The van der Waals surface area contributed by atoms with Crippen molar-refractivity contribution in [3.63, 3.8) is 0 Å². The van der Waals surface area contributed by atoms with Gasteiger partial charge in [0.15, 0.2) is 11.5 Å². The molecule has 1 amide bonds. The maximum absolute atomic E-state index is 12.6. The van der Waals surface area contributed by atoms with Gasteiger partial charge in [-0.1, -0.05) is 22.0 Å². The molecule has 1 aliphatic heterocycles. The van der Waals surface area contributed by atoms with Gasteiger partial charge in [0, 0.05) is 18.4 Å². The second-order valence-corrected chi connectivity index (χ2v) is 5.58. The summed E-state index contributed by atoms with van der Waals surface area (Å²) < 4.78 is 10.6. The minimum absolute atomic E-state index is 0.0220. The zero-order valence-electron chi connectivity index (χ0n) is 11.9. The highest BCUT2D eigenvalue weighted by atomic mass is 79.9. The minimum atomic E-state index is 0.0220.